The summed E-state index contributed by atoms with van der Waals surface area (Å²) in [5, 5.41) is 11.8. The summed E-state index contributed by atoms with van der Waals surface area (Å²) in [4.78, 5) is 21.5. The van der Waals surface area contributed by atoms with E-state index in [1.54, 1.807) is 0 Å². The van der Waals surface area contributed by atoms with Gasteiger partial charge in [0.15, 0.2) is 23.2 Å². The second-order valence-corrected chi connectivity index (χ2v) is 25.2. The number of nitrogens with zero attached hydrogens (tertiary/aromatic N) is 6. The van der Waals surface area contributed by atoms with Crippen molar-refractivity contribution < 1.29 is 17.7 Å². The number of fused-ring (bicyclic) bond motifs is 20. The molecule has 0 bridgehead atoms. The zero-order valence-electron chi connectivity index (χ0n) is 52.0. The van der Waals surface area contributed by atoms with Gasteiger partial charge in [0.25, 0.3) is 0 Å². The molecule has 0 amide bonds. The van der Waals surface area contributed by atoms with Crippen LogP contribution in [0.3, 0.4) is 0 Å². The molecule has 0 saturated carbocycles. The van der Waals surface area contributed by atoms with Crippen molar-refractivity contribution in [2.75, 3.05) is 0 Å². The molecule has 0 atom stereocenters. The van der Waals surface area contributed by atoms with Crippen molar-refractivity contribution in [3.63, 3.8) is 0 Å². The Balaban J connectivity index is 0.965. The zero-order valence-corrected chi connectivity index (χ0v) is 52.0. The van der Waals surface area contributed by atoms with Gasteiger partial charge in [0.2, 0.25) is 0 Å². The summed E-state index contributed by atoms with van der Waals surface area (Å²) in [5.74, 6) is 1.13. The number of rotatable bonds is 8. The van der Waals surface area contributed by atoms with E-state index in [0.29, 0.717) is 68.0 Å². The molecule has 98 heavy (non-hydrogen) atoms. The summed E-state index contributed by atoms with van der Waals surface area (Å²) < 4.78 is 32.2. The molecule has 0 fully saturated rings. The van der Waals surface area contributed by atoms with Crippen molar-refractivity contribution in [3.05, 3.63) is 303 Å². The molecule has 0 aliphatic rings. The van der Waals surface area contributed by atoms with Crippen LogP contribution < -0.4 is 0 Å². The van der Waals surface area contributed by atoms with E-state index >= 15 is 0 Å². The fourth-order valence-corrected chi connectivity index (χ4v) is 15.4. The number of hydrogen-bond acceptors (Lipinski definition) is 7. The highest BCUT2D eigenvalue weighted by Crippen LogP contribution is 2.53. The molecule has 0 spiro atoms. The van der Waals surface area contributed by atoms with Gasteiger partial charge >= 0.3 is 0 Å². The SMILES string of the molecule is [C-]#[N+]c1cc(-c2nc(-c3ccc4c(c3)oc3ccccc34)nc(-c3ccc4c(c3)oc3ccccc34)n2)c(-n2c3ccc(-c4ccccc4)cc3c3c4oc5ccccc5c4ccc32)c(-n2c3ccc(-c4ccccc4)cc3c3c4oc5ccccc5c4ccc32)c1-c1ccccc1. The van der Waals surface area contributed by atoms with Gasteiger partial charge in [-0.1, -0.05) is 188 Å². The van der Waals surface area contributed by atoms with Gasteiger partial charge in [-0.3, -0.25) is 0 Å². The van der Waals surface area contributed by atoms with Crippen molar-refractivity contribution in [1.82, 2.24) is 24.1 Å². The van der Waals surface area contributed by atoms with Crippen LogP contribution in [0.2, 0.25) is 0 Å². The summed E-state index contributed by atoms with van der Waals surface area (Å²) in [6.07, 6.45) is 0. The molecule has 14 aromatic carbocycles. The Labute approximate surface area is 557 Å². The topological polar surface area (TPSA) is 105 Å². The van der Waals surface area contributed by atoms with Crippen LogP contribution >= 0.6 is 0 Å². The highest BCUT2D eigenvalue weighted by Gasteiger charge is 2.32. The van der Waals surface area contributed by atoms with Crippen LogP contribution in [0, 0.1) is 6.57 Å². The maximum Gasteiger partial charge on any atom is 0.197 e. The maximum atomic E-state index is 9.60. The van der Waals surface area contributed by atoms with E-state index < -0.39 is 0 Å². The Morgan fingerprint density at radius 3 is 1.10 bits per heavy atom. The molecule has 7 heterocycles. The minimum Gasteiger partial charge on any atom is -0.456 e. The van der Waals surface area contributed by atoms with Crippen molar-refractivity contribution >= 4 is 137 Å². The van der Waals surface area contributed by atoms with Crippen molar-refractivity contribution in [3.8, 4) is 78.9 Å². The first-order valence-electron chi connectivity index (χ1n) is 32.7. The van der Waals surface area contributed by atoms with E-state index in [2.05, 4.69) is 202 Å². The van der Waals surface area contributed by atoms with Gasteiger partial charge in [-0.05, 0) is 131 Å². The standard InChI is InChI=1S/C88H48N6O4/c1-89-68-49-67(88-91-86(55-33-37-61-57-25-11-15-29-73(57)95-77(61)47-55)90-87(92-88)56-34-38-62-58-26-12-16-30-74(58)96-78(62)48-56)82(93-69-41-35-53(50-19-5-2-6-20-50)45-65(69)80-71(93)43-39-63-59-27-13-17-31-75(59)97-84(63)80)83(79(68)52-23-9-4-10-24-52)94-70-42-36-54(51-21-7-3-8-22-51)46-66(70)81-72(94)44-40-64-60-28-14-18-32-76(60)98-85(64)81/h2-49H. The minimum atomic E-state index is 0.327. The molecule has 7 aromatic heterocycles. The lowest BCUT2D eigenvalue weighted by Crippen LogP contribution is -2.10. The molecular weight excluding hydrogens is 1210 g/mol. The second-order valence-electron chi connectivity index (χ2n) is 25.2. The van der Waals surface area contributed by atoms with Gasteiger partial charge in [0, 0.05) is 76.1 Å². The summed E-state index contributed by atoms with van der Waals surface area (Å²) in [6, 6.07) is 101. The Kier molecular flexibility index (Phi) is 11.4. The van der Waals surface area contributed by atoms with Gasteiger partial charge in [0.1, 0.15) is 44.7 Å². The van der Waals surface area contributed by atoms with Gasteiger partial charge < -0.3 is 26.8 Å². The summed E-state index contributed by atoms with van der Waals surface area (Å²) >= 11 is 0. The number of para-hydroxylation sites is 4. The molecule has 10 nitrogen and oxygen atoms in total. The van der Waals surface area contributed by atoms with Crippen molar-refractivity contribution in [2.45, 2.75) is 0 Å². The van der Waals surface area contributed by atoms with Crippen LogP contribution in [0.1, 0.15) is 0 Å². The first kappa shape index (κ1) is 53.8. The molecule has 0 radical (unpaired) electrons. The Hall–Kier alpha value is -13.6. The molecular formula is C88H48N6O4. The molecule has 21 rings (SSSR count). The predicted octanol–water partition coefficient (Wildman–Crippen LogP) is 24.2. The Morgan fingerprint density at radius 1 is 0.265 bits per heavy atom. The van der Waals surface area contributed by atoms with E-state index in [0.717, 1.165) is 148 Å². The normalized spacial score (nSPS) is 12.1. The second kappa shape index (κ2) is 20.7. The number of aromatic nitrogens is 5. The molecule has 0 unspecified atom stereocenters. The summed E-state index contributed by atoms with van der Waals surface area (Å²) in [7, 11) is 0. The molecule has 0 aliphatic heterocycles. The third-order valence-electron chi connectivity index (χ3n) is 19.8. The molecule has 454 valence electrons. The van der Waals surface area contributed by atoms with Gasteiger partial charge in [0.05, 0.1) is 50.8 Å². The van der Waals surface area contributed by atoms with E-state index in [-0.39, 0.29) is 0 Å². The molecule has 0 N–H and O–H groups in total. The summed E-state index contributed by atoms with van der Waals surface area (Å²) in [5.41, 5.74) is 19.1. The highest BCUT2D eigenvalue weighted by molar-refractivity contribution is 6.27. The van der Waals surface area contributed by atoms with Crippen LogP contribution in [-0.2, 0) is 0 Å². The van der Waals surface area contributed by atoms with E-state index in [1.807, 2.05) is 103 Å². The van der Waals surface area contributed by atoms with Crippen LogP contribution in [0.5, 0.6) is 0 Å². The molecule has 21 aromatic rings. The smallest absolute Gasteiger partial charge is 0.197 e. The highest BCUT2D eigenvalue weighted by atomic mass is 16.3. The number of benzene rings is 14. The first-order chi connectivity index (χ1) is 48.5. The lowest BCUT2D eigenvalue weighted by molar-refractivity contribution is 0.668. The minimum absolute atomic E-state index is 0.327. The quantitative estimate of drug-likeness (QED) is 0.140. The van der Waals surface area contributed by atoms with Gasteiger partial charge in [-0.15, -0.1) is 0 Å². The van der Waals surface area contributed by atoms with Crippen LogP contribution in [-0.4, -0.2) is 24.1 Å². The van der Waals surface area contributed by atoms with Gasteiger partial charge in [-0.2, -0.15) is 0 Å². The number of hydrogen-bond donors (Lipinski definition) is 0. The van der Waals surface area contributed by atoms with E-state index in [1.165, 1.54) is 0 Å². The third-order valence-corrected chi connectivity index (χ3v) is 19.8. The fourth-order valence-electron chi connectivity index (χ4n) is 15.4. The molecule has 10 heteroatoms. The number of furan rings is 4. The van der Waals surface area contributed by atoms with Crippen molar-refractivity contribution in [1.29, 1.82) is 0 Å². The van der Waals surface area contributed by atoms with Crippen LogP contribution in [0.15, 0.2) is 309 Å². The lowest BCUT2D eigenvalue weighted by atomic mass is 9.95. The molecule has 0 aliphatic carbocycles. The third kappa shape index (κ3) is 7.92. The zero-order chi connectivity index (χ0) is 64.3. The molecule has 0 saturated heterocycles. The maximum absolute atomic E-state index is 9.60. The van der Waals surface area contributed by atoms with E-state index in [9.17, 15) is 6.57 Å². The van der Waals surface area contributed by atoms with Gasteiger partial charge in [-0.25, -0.2) is 19.8 Å². The first-order valence-corrected chi connectivity index (χ1v) is 32.7. The lowest BCUT2D eigenvalue weighted by Gasteiger charge is -2.25. The monoisotopic (exact) mass is 1250 g/mol. The Morgan fingerprint density at radius 2 is 0.633 bits per heavy atom. The average Bonchev–Trinajstić information content (AvgIpc) is 1.52. The van der Waals surface area contributed by atoms with Crippen molar-refractivity contribution in [2.24, 2.45) is 0 Å². The summed E-state index contributed by atoms with van der Waals surface area (Å²) in [6.45, 7) is 9.60. The van der Waals surface area contributed by atoms with E-state index in [4.69, 9.17) is 32.6 Å². The fraction of sp³-hybridized carbons (Fsp3) is 0. The Bertz CT molecular complexity index is 6870. The predicted molar refractivity (Wildman–Crippen MR) is 396 cm³/mol. The average molecular weight is 1250 g/mol. The van der Waals surface area contributed by atoms with Crippen LogP contribution in [0.4, 0.5) is 5.69 Å². The van der Waals surface area contributed by atoms with Crippen LogP contribution in [0.25, 0.3) is 215 Å². The largest absolute Gasteiger partial charge is 0.456 e.